The molecule has 0 fully saturated rings. The summed E-state index contributed by atoms with van der Waals surface area (Å²) in [5.41, 5.74) is 0.745. The third-order valence-electron chi connectivity index (χ3n) is 3.59. The second-order valence-electron chi connectivity index (χ2n) is 5.08. The highest BCUT2D eigenvalue weighted by molar-refractivity contribution is 7.89. The topological polar surface area (TPSA) is 55.8 Å². The second-order valence-corrected chi connectivity index (χ2v) is 7.02. The van der Waals surface area contributed by atoms with E-state index >= 15 is 0 Å². The molecule has 5 nitrogen and oxygen atoms in total. The van der Waals surface area contributed by atoms with Crippen molar-refractivity contribution in [3.8, 4) is 11.5 Å². The Balaban J connectivity index is 2.32. The van der Waals surface area contributed by atoms with Gasteiger partial charge in [-0.3, -0.25) is 0 Å². The summed E-state index contributed by atoms with van der Waals surface area (Å²) in [7, 11) is -0.737. The zero-order chi connectivity index (χ0) is 17.7. The van der Waals surface area contributed by atoms with Gasteiger partial charge in [0.1, 0.15) is 5.82 Å². The van der Waals surface area contributed by atoms with Gasteiger partial charge in [-0.25, -0.2) is 12.8 Å². The van der Waals surface area contributed by atoms with Crippen LogP contribution in [0.1, 0.15) is 12.5 Å². The minimum Gasteiger partial charge on any atom is -0.493 e. The molecule has 0 saturated carbocycles. The summed E-state index contributed by atoms with van der Waals surface area (Å²) in [6.45, 7) is 2.14. The Labute approximate surface area is 141 Å². The molecular weight excluding hydrogens is 333 g/mol. The Hall–Kier alpha value is -2.12. The van der Waals surface area contributed by atoms with E-state index in [0.29, 0.717) is 11.5 Å². The van der Waals surface area contributed by atoms with Gasteiger partial charge in [0.15, 0.2) is 11.5 Å². The van der Waals surface area contributed by atoms with Crippen molar-refractivity contribution < 1.29 is 22.3 Å². The minimum absolute atomic E-state index is 0.0650. The van der Waals surface area contributed by atoms with E-state index in [2.05, 4.69) is 0 Å². The van der Waals surface area contributed by atoms with E-state index in [-0.39, 0.29) is 18.0 Å². The molecule has 2 aromatic rings. The molecule has 2 rings (SSSR count). The molecule has 0 spiro atoms. The fourth-order valence-corrected chi connectivity index (χ4v) is 3.80. The lowest BCUT2D eigenvalue weighted by Gasteiger charge is -2.21. The van der Waals surface area contributed by atoms with Crippen LogP contribution in [0.25, 0.3) is 0 Å². The average molecular weight is 353 g/mol. The highest BCUT2D eigenvalue weighted by Crippen LogP contribution is 2.29. The van der Waals surface area contributed by atoms with Crippen LogP contribution in [0.3, 0.4) is 0 Å². The largest absolute Gasteiger partial charge is 0.493 e. The molecule has 0 radical (unpaired) electrons. The second kappa shape index (κ2) is 7.63. The van der Waals surface area contributed by atoms with Crippen LogP contribution in [0.5, 0.6) is 11.5 Å². The standard InChI is InChI=1S/C17H20FNO4S/c1-4-19(24(20,21)15-7-5-6-14(18)11-15)12-13-8-9-16(22-2)17(10-13)23-3/h5-11H,4,12H2,1-3H3. The number of sulfonamides is 1. The summed E-state index contributed by atoms with van der Waals surface area (Å²) < 4.78 is 50.5. The lowest BCUT2D eigenvalue weighted by Crippen LogP contribution is -2.30. The Morgan fingerprint density at radius 3 is 2.33 bits per heavy atom. The number of nitrogens with zero attached hydrogens (tertiary/aromatic N) is 1. The van der Waals surface area contributed by atoms with Crippen molar-refractivity contribution in [1.82, 2.24) is 4.31 Å². The number of methoxy groups -OCH3 is 2. The number of rotatable bonds is 7. The molecular formula is C17H20FNO4S. The predicted molar refractivity (Wildman–Crippen MR) is 89.2 cm³/mol. The average Bonchev–Trinajstić information content (AvgIpc) is 2.59. The molecule has 2 aromatic carbocycles. The first kappa shape index (κ1) is 18.2. The summed E-state index contributed by atoms with van der Waals surface area (Å²) in [5, 5.41) is 0. The van der Waals surface area contributed by atoms with Crippen LogP contribution in [0.2, 0.25) is 0 Å². The zero-order valence-electron chi connectivity index (χ0n) is 13.8. The van der Waals surface area contributed by atoms with E-state index < -0.39 is 15.8 Å². The summed E-state index contributed by atoms with van der Waals surface area (Å²) >= 11 is 0. The van der Waals surface area contributed by atoms with Gasteiger partial charge in [-0.15, -0.1) is 0 Å². The van der Waals surface area contributed by atoms with Crippen molar-refractivity contribution in [3.63, 3.8) is 0 Å². The third kappa shape index (κ3) is 3.85. The Morgan fingerprint density at radius 1 is 1.04 bits per heavy atom. The lowest BCUT2D eigenvalue weighted by molar-refractivity contribution is 0.353. The van der Waals surface area contributed by atoms with Gasteiger partial charge in [0.2, 0.25) is 10.0 Å². The van der Waals surface area contributed by atoms with Crippen LogP contribution in [0.15, 0.2) is 47.4 Å². The van der Waals surface area contributed by atoms with Gasteiger partial charge >= 0.3 is 0 Å². The van der Waals surface area contributed by atoms with Crippen molar-refractivity contribution in [2.24, 2.45) is 0 Å². The SMILES string of the molecule is CCN(Cc1ccc(OC)c(OC)c1)S(=O)(=O)c1cccc(F)c1. The molecule has 0 aliphatic rings. The van der Waals surface area contributed by atoms with Crippen molar-refractivity contribution in [2.75, 3.05) is 20.8 Å². The Kier molecular flexibility index (Phi) is 5.80. The maximum absolute atomic E-state index is 13.4. The van der Waals surface area contributed by atoms with Crippen LogP contribution < -0.4 is 9.47 Å². The van der Waals surface area contributed by atoms with Crippen LogP contribution in [-0.2, 0) is 16.6 Å². The van der Waals surface area contributed by atoms with Crippen LogP contribution in [0.4, 0.5) is 4.39 Å². The molecule has 0 aliphatic heterocycles. The molecule has 0 aromatic heterocycles. The first-order chi connectivity index (χ1) is 11.4. The summed E-state index contributed by atoms with van der Waals surface area (Å²) in [5.74, 6) is 0.504. The molecule has 0 saturated heterocycles. The van der Waals surface area contributed by atoms with Gasteiger partial charge in [-0.05, 0) is 35.9 Å². The van der Waals surface area contributed by atoms with E-state index in [9.17, 15) is 12.8 Å². The minimum atomic E-state index is -3.79. The molecule has 0 unspecified atom stereocenters. The van der Waals surface area contributed by atoms with Gasteiger partial charge < -0.3 is 9.47 Å². The van der Waals surface area contributed by atoms with E-state index in [1.807, 2.05) is 0 Å². The van der Waals surface area contributed by atoms with Gasteiger partial charge in [-0.1, -0.05) is 19.1 Å². The number of ether oxygens (including phenoxy) is 2. The molecule has 130 valence electrons. The zero-order valence-corrected chi connectivity index (χ0v) is 14.6. The summed E-state index contributed by atoms with van der Waals surface area (Å²) in [4.78, 5) is -0.0650. The molecule has 0 heterocycles. The van der Waals surface area contributed by atoms with Gasteiger partial charge in [0.05, 0.1) is 19.1 Å². The highest BCUT2D eigenvalue weighted by atomic mass is 32.2. The fourth-order valence-electron chi connectivity index (χ4n) is 2.33. The van der Waals surface area contributed by atoms with Gasteiger partial charge in [0.25, 0.3) is 0 Å². The van der Waals surface area contributed by atoms with Crippen LogP contribution in [0, 0.1) is 5.82 Å². The number of hydrogen-bond acceptors (Lipinski definition) is 4. The predicted octanol–water partition coefficient (Wildman–Crippen LogP) is 3.05. The molecule has 0 N–H and O–H groups in total. The number of halogens is 1. The Morgan fingerprint density at radius 2 is 1.75 bits per heavy atom. The number of benzene rings is 2. The molecule has 24 heavy (non-hydrogen) atoms. The smallest absolute Gasteiger partial charge is 0.243 e. The van der Waals surface area contributed by atoms with Crippen LogP contribution >= 0.6 is 0 Å². The highest BCUT2D eigenvalue weighted by Gasteiger charge is 2.24. The summed E-state index contributed by atoms with van der Waals surface area (Å²) in [6, 6.07) is 10.2. The van der Waals surface area contributed by atoms with E-state index in [1.54, 1.807) is 25.1 Å². The normalized spacial score (nSPS) is 11.5. The van der Waals surface area contributed by atoms with Crippen LogP contribution in [-0.4, -0.2) is 33.5 Å². The third-order valence-corrected chi connectivity index (χ3v) is 5.51. The maximum atomic E-state index is 13.4. The van der Waals surface area contributed by atoms with E-state index in [4.69, 9.17) is 9.47 Å². The summed E-state index contributed by atoms with van der Waals surface area (Å²) in [6.07, 6.45) is 0. The fraction of sp³-hybridized carbons (Fsp3) is 0.294. The molecule has 0 amide bonds. The molecule has 0 atom stereocenters. The Bertz CT molecular complexity index is 808. The van der Waals surface area contributed by atoms with Crippen molar-refractivity contribution in [2.45, 2.75) is 18.4 Å². The van der Waals surface area contributed by atoms with Gasteiger partial charge in [0, 0.05) is 13.1 Å². The molecule has 7 heteroatoms. The van der Waals surface area contributed by atoms with Gasteiger partial charge in [-0.2, -0.15) is 4.31 Å². The molecule has 0 bridgehead atoms. The lowest BCUT2D eigenvalue weighted by atomic mass is 10.2. The monoisotopic (exact) mass is 353 g/mol. The molecule has 0 aliphatic carbocycles. The van der Waals surface area contributed by atoms with E-state index in [1.165, 1.54) is 36.7 Å². The van der Waals surface area contributed by atoms with E-state index in [0.717, 1.165) is 11.6 Å². The maximum Gasteiger partial charge on any atom is 0.243 e. The number of hydrogen-bond donors (Lipinski definition) is 0. The first-order valence-corrected chi connectivity index (χ1v) is 8.83. The van der Waals surface area contributed by atoms with Crippen molar-refractivity contribution in [1.29, 1.82) is 0 Å². The quantitative estimate of drug-likeness (QED) is 0.768. The first-order valence-electron chi connectivity index (χ1n) is 7.39. The van der Waals surface area contributed by atoms with Crippen molar-refractivity contribution in [3.05, 3.63) is 53.8 Å². The van der Waals surface area contributed by atoms with Crippen molar-refractivity contribution >= 4 is 10.0 Å².